The number of halogens is 1. The van der Waals surface area contributed by atoms with Gasteiger partial charge in [0.05, 0.1) is 35.3 Å². The van der Waals surface area contributed by atoms with E-state index in [0.29, 0.717) is 42.5 Å². The summed E-state index contributed by atoms with van der Waals surface area (Å²) in [6, 6.07) is 12.7. The fourth-order valence-corrected chi connectivity index (χ4v) is 5.11. The summed E-state index contributed by atoms with van der Waals surface area (Å²) in [4.78, 5) is 24.4. The molecule has 2 atom stereocenters. The molecule has 10 nitrogen and oxygen atoms in total. The van der Waals surface area contributed by atoms with Gasteiger partial charge in [0, 0.05) is 37.0 Å². The van der Waals surface area contributed by atoms with E-state index in [-0.39, 0.29) is 23.0 Å². The number of carbonyl (C=O) groups is 1. The second-order valence-electron chi connectivity index (χ2n) is 9.33. The number of hydrogen-bond acceptors (Lipinski definition) is 8. The molecule has 0 bridgehead atoms. The smallest absolute Gasteiger partial charge is 0.294 e. The summed E-state index contributed by atoms with van der Waals surface area (Å²) in [5.41, 5.74) is 2.51. The fraction of sp³-hybridized carbons (Fsp3) is 0.370. The summed E-state index contributed by atoms with van der Waals surface area (Å²) in [5.74, 6) is 1.07. The Morgan fingerprint density at radius 1 is 1.08 bits per heavy atom. The summed E-state index contributed by atoms with van der Waals surface area (Å²) in [6.45, 7) is 6.79. The molecule has 2 aromatic heterocycles. The summed E-state index contributed by atoms with van der Waals surface area (Å²) in [7, 11) is -4.00. The molecule has 1 fully saturated rings. The molecule has 1 aromatic carbocycles. The average Bonchev–Trinajstić information content (AvgIpc) is 3.15. The minimum absolute atomic E-state index is 0.0741. The normalized spacial score (nSPS) is 19.2. The van der Waals surface area contributed by atoms with Crippen molar-refractivity contribution in [2.75, 3.05) is 36.5 Å². The Kier molecular flexibility index (Phi) is 9.52. The van der Waals surface area contributed by atoms with Crippen LogP contribution in [0.4, 0.5) is 11.6 Å². The number of amides is 1. The van der Waals surface area contributed by atoms with Gasteiger partial charge in [-0.15, -0.1) is 0 Å². The molecule has 0 spiro atoms. The second kappa shape index (κ2) is 12.8. The maximum atomic E-state index is 13.2. The number of nitrogens with zero attached hydrogens (tertiary/aromatic N) is 3. The van der Waals surface area contributed by atoms with Crippen molar-refractivity contribution < 1.29 is 27.2 Å². The molecule has 4 heterocycles. The van der Waals surface area contributed by atoms with Gasteiger partial charge in [0.2, 0.25) is 0 Å². The first-order valence-corrected chi connectivity index (χ1v) is 14.4. The molecular formula is C27H31ClN4O6S. The Balaban J connectivity index is 0.000000298. The van der Waals surface area contributed by atoms with E-state index in [1.54, 1.807) is 30.3 Å². The van der Waals surface area contributed by atoms with Crippen molar-refractivity contribution in [3.05, 3.63) is 76.6 Å². The van der Waals surface area contributed by atoms with Crippen LogP contribution in [0.25, 0.3) is 0 Å². The van der Waals surface area contributed by atoms with Crippen LogP contribution in [0.15, 0.2) is 59.6 Å². The van der Waals surface area contributed by atoms with Gasteiger partial charge < -0.3 is 19.7 Å². The van der Waals surface area contributed by atoms with Crippen molar-refractivity contribution in [1.29, 1.82) is 0 Å². The van der Waals surface area contributed by atoms with E-state index in [0.717, 1.165) is 30.2 Å². The molecule has 0 saturated carbocycles. The topological polar surface area (TPSA) is 131 Å². The Bertz CT molecular complexity index is 1380. The SMILES string of the molecule is C[C@@H]1CN(c2cc(C(=O)Nc3ccc(Cl)cn3)c3c(n2)CCOCC3)C[C@H](C)O1.O=S(=O)(O)c1ccccc1. The van der Waals surface area contributed by atoms with Gasteiger partial charge in [-0.05, 0) is 56.2 Å². The molecule has 3 aromatic rings. The molecule has 2 aliphatic rings. The van der Waals surface area contributed by atoms with E-state index >= 15 is 0 Å². The van der Waals surface area contributed by atoms with E-state index in [2.05, 4.69) is 29.0 Å². The van der Waals surface area contributed by atoms with Crippen LogP contribution in [0, 0.1) is 0 Å². The number of rotatable bonds is 4. The highest BCUT2D eigenvalue weighted by atomic mass is 35.5. The zero-order chi connectivity index (χ0) is 28.0. The average molecular weight is 575 g/mol. The maximum Gasteiger partial charge on any atom is 0.294 e. The van der Waals surface area contributed by atoms with Crippen molar-refractivity contribution in [1.82, 2.24) is 9.97 Å². The van der Waals surface area contributed by atoms with Gasteiger partial charge in [0.1, 0.15) is 11.6 Å². The Labute approximate surface area is 233 Å². The highest BCUT2D eigenvalue weighted by Crippen LogP contribution is 2.26. The number of ether oxygens (including phenoxy) is 2. The minimum Gasteiger partial charge on any atom is -0.381 e. The molecule has 1 amide bonds. The first-order chi connectivity index (χ1) is 18.6. The number of carbonyl (C=O) groups excluding carboxylic acids is 1. The van der Waals surface area contributed by atoms with Gasteiger partial charge in [0.15, 0.2) is 0 Å². The van der Waals surface area contributed by atoms with Crippen LogP contribution >= 0.6 is 11.6 Å². The Morgan fingerprint density at radius 3 is 2.38 bits per heavy atom. The second-order valence-corrected chi connectivity index (χ2v) is 11.2. The number of morpholine rings is 1. The number of nitrogens with one attached hydrogen (secondary N) is 1. The van der Waals surface area contributed by atoms with E-state index < -0.39 is 10.1 Å². The molecule has 12 heteroatoms. The first-order valence-electron chi connectivity index (χ1n) is 12.6. The number of aromatic nitrogens is 2. The van der Waals surface area contributed by atoms with Crippen molar-refractivity contribution in [3.63, 3.8) is 0 Å². The van der Waals surface area contributed by atoms with Gasteiger partial charge in [0.25, 0.3) is 16.0 Å². The molecule has 2 N–H and O–H groups in total. The van der Waals surface area contributed by atoms with Gasteiger partial charge in [-0.25, -0.2) is 9.97 Å². The molecule has 39 heavy (non-hydrogen) atoms. The first kappa shape index (κ1) is 28.9. The van der Waals surface area contributed by atoms with Crippen molar-refractivity contribution >= 4 is 39.3 Å². The third-order valence-electron chi connectivity index (χ3n) is 6.17. The van der Waals surface area contributed by atoms with Crippen LogP contribution in [0.3, 0.4) is 0 Å². The summed E-state index contributed by atoms with van der Waals surface area (Å²) < 4.78 is 40.7. The lowest BCUT2D eigenvalue weighted by atomic mass is 10.0. The van der Waals surface area contributed by atoms with Crippen LogP contribution in [0.5, 0.6) is 0 Å². The maximum absolute atomic E-state index is 13.2. The van der Waals surface area contributed by atoms with E-state index in [1.807, 2.05) is 6.07 Å². The lowest BCUT2D eigenvalue weighted by molar-refractivity contribution is -0.00547. The molecule has 0 radical (unpaired) electrons. The molecule has 1 saturated heterocycles. The molecule has 208 valence electrons. The van der Waals surface area contributed by atoms with Gasteiger partial charge in [-0.1, -0.05) is 29.8 Å². The van der Waals surface area contributed by atoms with Crippen molar-refractivity contribution in [2.24, 2.45) is 0 Å². The predicted octanol–water partition coefficient (Wildman–Crippen LogP) is 4.04. The van der Waals surface area contributed by atoms with E-state index in [9.17, 15) is 13.2 Å². The number of pyridine rings is 2. The summed E-state index contributed by atoms with van der Waals surface area (Å²) in [6.07, 6.45) is 3.09. The van der Waals surface area contributed by atoms with Crippen LogP contribution in [0.1, 0.15) is 35.5 Å². The number of hydrogen-bond donors (Lipinski definition) is 2. The largest absolute Gasteiger partial charge is 0.381 e. The van der Waals surface area contributed by atoms with Crippen molar-refractivity contribution in [3.8, 4) is 0 Å². The zero-order valence-corrected chi connectivity index (χ0v) is 23.3. The van der Waals surface area contributed by atoms with E-state index in [1.165, 1.54) is 18.3 Å². The predicted molar refractivity (Wildman–Crippen MR) is 148 cm³/mol. The monoisotopic (exact) mass is 574 g/mol. The van der Waals surface area contributed by atoms with Crippen molar-refractivity contribution in [2.45, 2.75) is 43.8 Å². The van der Waals surface area contributed by atoms with Gasteiger partial charge in [-0.3, -0.25) is 9.35 Å². The third-order valence-corrected chi connectivity index (χ3v) is 7.27. The fourth-order valence-electron chi connectivity index (χ4n) is 4.50. The molecule has 0 unspecified atom stereocenters. The Hall–Kier alpha value is -3.09. The summed E-state index contributed by atoms with van der Waals surface area (Å²) in [5, 5.41) is 3.41. The van der Waals surface area contributed by atoms with Crippen LogP contribution in [-0.4, -0.2) is 67.4 Å². The highest BCUT2D eigenvalue weighted by molar-refractivity contribution is 7.85. The quantitative estimate of drug-likeness (QED) is 0.443. The van der Waals surface area contributed by atoms with Crippen LogP contribution in [0.2, 0.25) is 5.02 Å². The number of fused-ring (bicyclic) bond motifs is 1. The Morgan fingerprint density at radius 2 is 1.77 bits per heavy atom. The molecular weight excluding hydrogens is 544 g/mol. The number of benzene rings is 1. The summed E-state index contributed by atoms with van der Waals surface area (Å²) >= 11 is 5.90. The molecule has 2 aliphatic heterocycles. The van der Waals surface area contributed by atoms with Gasteiger partial charge >= 0.3 is 0 Å². The standard InChI is InChI=1S/C21H25ClN4O3.C6H6O3S/c1-13-11-26(12-14(2)29-13)20-9-17(16-5-7-28-8-6-18(16)24-20)21(27)25-19-4-3-15(22)10-23-19;7-10(8,9)6-4-2-1-3-5-6/h3-4,9-10,13-14H,5-8,11-12H2,1-2H3,(H,23,25,27);1-5H,(H,7,8,9)/t13-,14+;. The minimum atomic E-state index is -4.00. The highest BCUT2D eigenvalue weighted by Gasteiger charge is 2.27. The zero-order valence-electron chi connectivity index (χ0n) is 21.7. The van der Waals surface area contributed by atoms with E-state index in [4.69, 9.17) is 30.6 Å². The third kappa shape index (κ3) is 7.96. The van der Waals surface area contributed by atoms with Crippen LogP contribution < -0.4 is 10.2 Å². The lowest BCUT2D eigenvalue weighted by Crippen LogP contribution is -2.46. The van der Waals surface area contributed by atoms with Crippen LogP contribution in [-0.2, 0) is 32.4 Å². The molecule has 0 aliphatic carbocycles. The van der Waals surface area contributed by atoms with Gasteiger partial charge in [-0.2, -0.15) is 8.42 Å². The molecule has 5 rings (SSSR count). The number of anilines is 2. The lowest BCUT2D eigenvalue weighted by Gasteiger charge is -2.36.